The number of carbonyl (C=O) groups excluding carboxylic acids is 1. The van der Waals surface area contributed by atoms with Gasteiger partial charge in [0.25, 0.3) is 0 Å². The molecule has 1 aliphatic carbocycles. The number of nitrogens with zero attached hydrogens (tertiary/aromatic N) is 1. The second kappa shape index (κ2) is 6.47. The Morgan fingerprint density at radius 2 is 2.29 bits per heavy atom. The molecule has 2 rings (SSSR count). The van der Waals surface area contributed by atoms with Crippen molar-refractivity contribution >= 4 is 11.7 Å². The number of hydrogen-bond donors (Lipinski definition) is 3. The summed E-state index contributed by atoms with van der Waals surface area (Å²) in [6, 6.07) is 7.72. The predicted octanol–water partition coefficient (Wildman–Crippen LogP) is 1.27. The van der Waals surface area contributed by atoms with Crippen LogP contribution in [0.1, 0.15) is 24.8 Å². The highest BCUT2D eigenvalue weighted by Crippen LogP contribution is 2.41. The molecule has 4 N–H and O–H groups in total. The van der Waals surface area contributed by atoms with Crippen LogP contribution in [-0.4, -0.2) is 30.6 Å². The van der Waals surface area contributed by atoms with Gasteiger partial charge in [0.1, 0.15) is 11.2 Å². The molecule has 0 bridgehead atoms. The van der Waals surface area contributed by atoms with Crippen molar-refractivity contribution in [1.82, 2.24) is 5.32 Å². The number of methoxy groups -OCH3 is 1. The van der Waals surface area contributed by atoms with Crippen LogP contribution in [0.25, 0.3) is 0 Å². The van der Waals surface area contributed by atoms with E-state index in [4.69, 9.17) is 15.7 Å². The van der Waals surface area contributed by atoms with Crippen molar-refractivity contribution in [3.8, 4) is 5.75 Å². The van der Waals surface area contributed by atoms with Crippen molar-refractivity contribution < 1.29 is 14.7 Å². The lowest BCUT2D eigenvalue weighted by atomic mass is 9.67. The Morgan fingerprint density at radius 3 is 2.86 bits per heavy atom. The molecule has 0 spiro atoms. The zero-order chi connectivity index (χ0) is 15.3. The Kier molecular flexibility index (Phi) is 4.67. The zero-order valence-corrected chi connectivity index (χ0v) is 12.1. The monoisotopic (exact) mass is 291 g/mol. The molecule has 0 saturated heterocycles. The van der Waals surface area contributed by atoms with Crippen molar-refractivity contribution in [3.05, 3.63) is 29.8 Å². The smallest absolute Gasteiger partial charge is 0.233 e. The number of nitrogens with one attached hydrogen (secondary N) is 1. The van der Waals surface area contributed by atoms with Crippen molar-refractivity contribution in [2.24, 2.45) is 16.3 Å². The minimum Gasteiger partial charge on any atom is -0.497 e. The van der Waals surface area contributed by atoms with E-state index >= 15 is 0 Å². The van der Waals surface area contributed by atoms with Crippen molar-refractivity contribution in [1.29, 1.82) is 0 Å². The van der Waals surface area contributed by atoms with E-state index in [2.05, 4.69) is 10.5 Å². The van der Waals surface area contributed by atoms with Gasteiger partial charge in [-0.05, 0) is 37.0 Å². The molecule has 0 heterocycles. The molecule has 1 aliphatic rings. The maximum Gasteiger partial charge on any atom is 0.233 e. The van der Waals surface area contributed by atoms with Gasteiger partial charge in [-0.3, -0.25) is 4.79 Å². The number of oxime groups is 1. The molecule has 0 radical (unpaired) electrons. The molecular formula is C15H21N3O3. The molecule has 0 aliphatic heterocycles. The highest BCUT2D eigenvalue weighted by Gasteiger charge is 2.48. The van der Waals surface area contributed by atoms with Crippen molar-refractivity contribution in [3.63, 3.8) is 0 Å². The molecule has 0 unspecified atom stereocenters. The van der Waals surface area contributed by atoms with E-state index in [-0.39, 0.29) is 11.7 Å². The summed E-state index contributed by atoms with van der Waals surface area (Å²) in [6.07, 6.45) is 2.89. The van der Waals surface area contributed by atoms with E-state index in [9.17, 15) is 4.79 Å². The summed E-state index contributed by atoms with van der Waals surface area (Å²) in [5.41, 5.74) is 5.93. The van der Waals surface area contributed by atoms with Crippen LogP contribution in [0.15, 0.2) is 29.4 Å². The summed E-state index contributed by atoms with van der Waals surface area (Å²) in [5, 5.41) is 14.7. The van der Waals surface area contributed by atoms with Crippen LogP contribution in [-0.2, 0) is 11.2 Å². The van der Waals surface area contributed by atoms with E-state index in [1.54, 1.807) is 7.11 Å². The van der Waals surface area contributed by atoms with Crippen molar-refractivity contribution in [2.45, 2.75) is 25.7 Å². The highest BCUT2D eigenvalue weighted by molar-refractivity contribution is 6.07. The van der Waals surface area contributed by atoms with Gasteiger partial charge in [0.2, 0.25) is 5.91 Å². The summed E-state index contributed by atoms with van der Waals surface area (Å²) in [4.78, 5) is 12.3. The molecule has 6 nitrogen and oxygen atoms in total. The quantitative estimate of drug-likeness (QED) is 0.318. The number of ether oxygens (including phenoxy) is 1. The van der Waals surface area contributed by atoms with E-state index in [0.29, 0.717) is 25.8 Å². The summed E-state index contributed by atoms with van der Waals surface area (Å²) in [7, 11) is 1.62. The topological polar surface area (TPSA) is 96.9 Å². The predicted molar refractivity (Wildman–Crippen MR) is 79.4 cm³/mol. The minimum absolute atomic E-state index is 0.00707. The third kappa shape index (κ3) is 3.09. The van der Waals surface area contributed by atoms with Gasteiger partial charge >= 0.3 is 0 Å². The van der Waals surface area contributed by atoms with Gasteiger partial charge in [0.05, 0.1) is 7.11 Å². The normalized spacial score (nSPS) is 16.9. The number of amidine groups is 1. The van der Waals surface area contributed by atoms with E-state index in [1.807, 2.05) is 24.3 Å². The van der Waals surface area contributed by atoms with Crippen LogP contribution in [0, 0.1) is 5.41 Å². The lowest BCUT2D eigenvalue weighted by molar-refractivity contribution is -0.131. The van der Waals surface area contributed by atoms with Gasteiger partial charge in [-0.2, -0.15) is 0 Å². The first-order valence-corrected chi connectivity index (χ1v) is 7.01. The van der Waals surface area contributed by atoms with E-state index in [0.717, 1.165) is 17.7 Å². The lowest BCUT2D eigenvalue weighted by Crippen LogP contribution is -2.54. The third-order valence-corrected chi connectivity index (χ3v) is 4.07. The average molecular weight is 291 g/mol. The van der Waals surface area contributed by atoms with Gasteiger partial charge in [-0.25, -0.2) is 0 Å². The number of hydrogen-bond acceptors (Lipinski definition) is 4. The van der Waals surface area contributed by atoms with E-state index in [1.165, 1.54) is 0 Å². The lowest BCUT2D eigenvalue weighted by Gasteiger charge is -2.38. The van der Waals surface area contributed by atoms with Gasteiger partial charge < -0.3 is 21.0 Å². The fraction of sp³-hybridized carbons (Fsp3) is 0.467. The SMILES string of the molecule is COc1cccc(CCNC(=O)C2(/C(N)=N/O)CCC2)c1. The van der Waals surface area contributed by atoms with Gasteiger partial charge in [0, 0.05) is 6.54 Å². The fourth-order valence-corrected chi connectivity index (χ4v) is 2.54. The molecule has 1 fully saturated rings. The van der Waals surface area contributed by atoms with Crippen LogP contribution in [0.2, 0.25) is 0 Å². The van der Waals surface area contributed by atoms with Crippen LogP contribution in [0.5, 0.6) is 5.75 Å². The first-order chi connectivity index (χ1) is 10.1. The molecule has 0 aromatic heterocycles. The number of amides is 1. The molecule has 114 valence electrons. The largest absolute Gasteiger partial charge is 0.497 e. The Morgan fingerprint density at radius 1 is 1.52 bits per heavy atom. The number of rotatable bonds is 6. The maximum absolute atomic E-state index is 12.3. The van der Waals surface area contributed by atoms with Gasteiger partial charge in [-0.1, -0.05) is 23.7 Å². The fourth-order valence-electron chi connectivity index (χ4n) is 2.54. The van der Waals surface area contributed by atoms with Crippen LogP contribution >= 0.6 is 0 Å². The third-order valence-electron chi connectivity index (χ3n) is 4.07. The zero-order valence-electron chi connectivity index (χ0n) is 12.1. The molecule has 0 atom stereocenters. The molecule has 6 heteroatoms. The Hall–Kier alpha value is -2.24. The summed E-state index contributed by atoms with van der Waals surface area (Å²) >= 11 is 0. The Bertz CT molecular complexity index is 539. The average Bonchev–Trinajstić information content (AvgIpc) is 2.46. The van der Waals surface area contributed by atoms with Crippen LogP contribution in [0.4, 0.5) is 0 Å². The Balaban J connectivity index is 1.89. The summed E-state index contributed by atoms with van der Waals surface area (Å²) in [5.74, 6) is 0.644. The van der Waals surface area contributed by atoms with Gasteiger partial charge in [0.15, 0.2) is 5.84 Å². The van der Waals surface area contributed by atoms with Crippen LogP contribution in [0.3, 0.4) is 0 Å². The minimum atomic E-state index is -0.816. The molecule has 1 aromatic rings. The maximum atomic E-state index is 12.3. The molecule has 1 amide bonds. The van der Waals surface area contributed by atoms with Crippen LogP contribution < -0.4 is 15.8 Å². The highest BCUT2D eigenvalue weighted by atomic mass is 16.5. The number of nitrogens with two attached hydrogens (primary N) is 1. The number of carbonyl (C=O) groups is 1. The first-order valence-electron chi connectivity index (χ1n) is 7.01. The summed E-state index contributed by atoms with van der Waals surface area (Å²) < 4.78 is 5.16. The molecule has 1 aromatic carbocycles. The number of benzene rings is 1. The second-order valence-corrected chi connectivity index (χ2v) is 5.28. The Labute approximate surface area is 124 Å². The molecule has 21 heavy (non-hydrogen) atoms. The van der Waals surface area contributed by atoms with E-state index < -0.39 is 5.41 Å². The van der Waals surface area contributed by atoms with Crippen molar-refractivity contribution in [2.75, 3.05) is 13.7 Å². The summed E-state index contributed by atoms with van der Waals surface area (Å²) in [6.45, 7) is 0.506. The molecular weight excluding hydrogens is 270 g/mol. The molecule has 1 saturated carbocycles. The second-order valence-electron chi connectivity index (χ2n) is 5.28. The first kappa shape index (κ1) is 15.2. The standard InChI is InChI=1S/C15H21N3O3/c1-21-12-5-2-4-11(10-12)6-9-17-14(19)15(7-3-8-15)13(16)18-20/h2,4-5,10,20H,3,6-9H2,1H3,(H2,16,18)(H,17,19). The van der Waals surface area contributed by atoms with Gasteiger partial charge in [-0.15, -0.1) is 0 Å².